The van der Waals surface area contributed by atoms with E-state index in [9.17, 15) is 0 Å². The van der Waals surface area contributed by atoms with Crippen molar-refractivity contribution in [3.05, 3.63) is 17.3 Å². The number of rotatable bonds is 2. The maximum Gasteiger partial charge on any atom is 0.168 e. The number of halogens is 1. The normalized spacial score (nSPS) is 16.7. The number of hydrogen-bond donors (Lipinski definition) is 1. The van der Waals surface area contributed by atoms with E-state index in [4.69, 9.17) is 11.6 Å². The van der Waals surface area contributed by atoms with E-state index in [1.807, 2.05) is 0 Å². The van der Waals surface area contributed by atoms with Crippen molar-refractivity contribution < 1.29 is 0 Å². The third kappa shape index (κ3) is 3.45. The number of aromatic nitrogens is 2. The third-order valence-electron chi connectivity index (χ3n) is 2.64. The number of hydrogen-bond acceptors (Lipinski definition) is 4. The Labute approximate surface area is 100 Å². The van der Waals surface area contributed by atoms with E-state index in [0.717, 1.165) is 12.8 Å². The van der Waals surface area contributed by atoms with E-state index in [0.29, 0.717) is 11.0 Å². The summed E-state index contributed by atoms with van der Waals surface area (Å²) in [7, 11) is 0. The predicted molar refractivity (Wildman–Crippen MR) is 65.8 cm³/mol. The second-order valence-corrected chi connectivity index (χ2v) is 4.33. The lowest BCUT2D eigenvalue weighted by Crippen LogP contribution is -2.02. The van der Waals surface area contributed by atoms with Crippen molar-refractivity contribution in [2.45, 2.75) is 38.5 Å². The van der Waals surface area contributed by atoms with E-state index >= 15 is 0 Å². The van der Waals surface area contributed by atoms with Crippen molar-refractivity contribution in [2.75, 3.05) is 5.43 Å². The molecular weight excluding hydrogens is 224 g/mol. The van der Waals surface area contributed by atoms with Gasteiger partial charge in [0.2, 0.25) is 0 Å². The zero-order valence-electron chi connectivity index (χ0n) is 9.12. The van der Waals surface area contributed by atoms with Crippen LogP contribution in [0.1, 0.15) is 38.5 Å². The predicted octanol–water partition coefficient (Wildman–Crippen LogP) is 3.25. The maximum atomic E-state index is 5.64. The van der Waals surface area contributed by atoms with Crippen molar-refractivity contribution in [3.8, 4) is 0 Å². The van der Waals surface area contributed by atoms with Crippen LogP contribution in [-0.2, 0) is 0 Å². The van der Waals surface area contributed by atoms with E-state index in [-0.39, 0.29) is 0 Å². The number of nitrogens with one attached hydrogen (secondary N) is 1. The highest BCUT2D eigenvalue weighted by Gasteiger charge is 2.05. The lowest BCUT2D eigenvalue weighted by Gasteiger charge is -2.02. The lowest BCUT2D eigenvalue weighted by molar-refractivity contribution is 0.702. The molecule has 0 aliphatic heterocycles. The smallest absolute Gasteiger partial charge is 0.168 e. The molecule has 0 radical (unpaired) electrons. The molecule has 0 atom stereocenters. The first-order valence-electron chi connectivity index (χ1n) is 5.65. The Hall–Kier alpha value is -1.16. The van der Waals surface area contributed by atoms with Gasteiger partial charge in [-0.25, -0.2) is 0 Å². The van der Waals surface area contributed by atoms with Gasteiger partial charge in [-0.1, -0.05) is 24.4 Å². The Bertz CT molecular complexity index is 351. The highest BCUT2D eigenvalue weighted by Crippen LogP contribution is 2.15. The molecule has 1 aliphatic carbocycles. The Morgan fingerprint density at radius 2 is 1.81 bits per heavy atom. The van der Waals surface area contributed by atoms with Gasteiger partial charge in [0.15, 0.2) is 11.0 Å². The first-order chi connectivity index (χ1) is 7.84. The first kappa shape index (κ1) is 11.3. The Morgan fingerprint density at radius 1 is 1.06 bits per heavy atom. The molecule has 0 saturated heterocycles. The van der Waals surface area contributed by atoms with Gasteiger partial charge in [-0.3, -0.25) is 5.43 Å². The SMILES string of the molecule is Clc1ccc(NN=C2CCCCCC2)nn1. The summed E-state index contributed by atoms with van der Waals surface area (Å²) >= 11 is 5.64. The van der Waals surface area contributed by atoms with Gasteiger partial charge >= 0.3 is 0 Å². The molecule has 0 amide bonds. The molecule has 0 spiro atoms. The molecule has 4 nitrogen and oxygen atoms in total. The number of hydrazone groups is 1. The quantitative estimate of drug-likeness (QED) is 0.636. The average molecular weight is 239 g/mol. The van der Waals surface area contributed by atoms with Crippen molar-refractivity contribution in [3.63, 3.8) is 0 Å². The zero-order chi connectivity index (χ0) is 11.2. The molecule has 1 aliphatic rings. The molecule has 1 fully saturated rings. The van der Waals surface area contributed by atoms with Crippen molar-refractivity contribution >= 4 is 23.1 Å². The molecule has 2 rings (SSSR count). The highest BCUT2D eigenvalue weighted by atomic mass is 35.5. The fourth-order valence-corrected chi connectivity index (χ4v) is 1.86. The average Bonchev–Trinajstić information content (AvgIpc) is 2.57. The minimum Gasteiger partial charge on any atom is -0.260 e. The Morgan fingerprint density at radius 3 is 2.44 bits per heavy atom. The molecular formula is C11H15ClN4. The maximum absolute atomic E-state index is 5.64. The van der Waals surface area contributed by atoms with Crippen LogP contribution in [0.15, 0.2) is 17.2 Å². The summed E-state index contributed by atoms with van der Waals surface area (Å²) in [5.74, 6) is 0.640. The number of anilines is 1. The summed E-state index contributed by atoms with van der Waals surface area (Å²) in [6.45, 7) is 0. The topological polar surface area (TPSA) is 50.2 Å². The molecule has 86 valence electrons. The van der Waals surface area contributed by atoms with Crippen molar-refractivity contribution in [1.29, 1.82) is 0 Å². The number of nitrogens with zero attached hydrogens (tertiary/aromatic N) is 3. The summed E-state index contributed by atoms with van der Waals surface area (Å²) in [6.07, 6.45) is 7.31. The van der Waals surface area contributed by atoms with Gasteiger partial charge in [-0.15, -0.1) is 10.2 Å². The van der Waals surface area contributed by atoms with Crippen LogP contribution >= 0.6 is 11.6 Å². The van der Waals surface area contributed by atoms with Crippen LogP contribution in [0, 0.1) is 0 Å². The van der Waals surface area contributed by atoms with Gasteiger partial charge in [0.25, 0.3) is 0 Å². The van der Waals surface area contributed by atoms with E-state index in [1.54, 1.807) is 12.1 Å². The molecule has 0 aromatic carbocycles. The fourth-order valence-electron chi connectivity index (χ4n) is 1.76. The Balaban J connectivity index is 1.93. The molecule has 5 heteroatoms. The minimum absolute atomic E-state index is 0.396. The van der Waals surface area contributed by atoms with Gasteiger partial charge in [0.05, 0.1) is 0 Å². The zero-order valence-corrected chi connectivity index (χ0v) is 9.87. The van der Waals surface area contributed by atoms with Crippen LogP contribution in [0.3, 0.4) is 0 Å². The van der Waals surface area contributed by atoms with Gasteiger partial charge < -0.3 is 0 Å². The van der Waals surface area contributed by atoms with Crippen molar-refractivity contribution in [1.82, 2.24) is 10.2 Å². The fraction of sp³-hybridized carbons (Fsp3) is 0.545. The van der Waals surface area contributed by atoms with Crippen LogP contribution in [0.2, 0.25) is 5.15 Å². The Kier molecular flexibility index (Phi) is 4.10. The molecule has 0 unspecified atom stereocenters. The summed E-state index contributed by atoms with van der Waals surface area (Å²) in [5.41, 5.74) is 4.16. The molecule has 1 N–H and O–H groups in total. The monoisotopic (exact) mass is 238 g/mol. The van der Waals surface area contributed by atoms with Gasteiger partial charge in [0, 0.05) is 5.71 Å². The molecule has 16 heavy (non-hydrogen) atoms. The second-order valence-electron chi connectivity index (χ2n) is 3.95. The van der Waals surface area contributed by atoms with E-state index < -0.39 is 0 Å². The molecule has 1 aromatic rings. The lowest BCUT2D eigenvalue weighted by atomic mass is 10.2. The summed E-state index contributed by atoms with van der Waals surface area (Å²) in [4.78, 5) is 0. The van der Waals surface area contributed by atoms with Crippen LogP contribution in [0.5, 0.6) is 0 Å². The van der Waals surface area contributed by atoms with Crippen molar-refractivity contribution in [2.24, 2.45) is 5.10 Å². The van der Waals surface area contributed by atoms with Gasteiger partial charge in [-0.2, -0.15) is 5.10 Å². The third-order valence-corrected chi connectivity index (χ3v) is 2.84. The van der Waals surface area contributed by atoms with Gasteiger partial charge in [0.1, 0.15) is 0 Å². The minimum atomic E-state index is 0.396. The highest BCUT2D eigenvalue weighted by molar-refractivity contribution is 6.29. The van der Waals surface area contributed by atoms with Crippen LogP contribution < -0.4 is 5.43 Å². The van der Waals surface area contributed by atoms with Crippen LogP contribution in [-0.4, -0.2) is 15.9 Å². The summed E-state index contributed by atoms with van der Waals surface area (Å²) in [6, 6.07) is 3.47. The second kappa shape index (κ2) is 5.80. The van der Waals surface area contributed by atoms with Crippen LogP contribution in [0.25, 0.3) is 0 Å². The molecule has 1 aromatic heterocycles. The molecule has 1 heterocycles. The first-order valence-corrected chi connectivity index (χ1v) is 6.03. The largest absolute Gasteiger partial charge is 0.260 e. The van der Waals surface area contributed by atoms with Crippen LogP contribution in [0.4, 0.5) is 5.82 Å². The molecule has 0 bridgehead atoms. The summed E-state index contributed by atoms with van der Waals surface area (Å²) < 4.78 is 0. The van der Waals surface area contributed by atoms with E-state index in [1.165, 1.54) is 31.4 Å². The van der Waals surface area contributed by atoms with Gasteiger partial charge in [-0.05, 0) is 37.8 Å². The summed E-state index contributed by atoms with van der Waals surface area (Å²) in [5, 5.41) is 12.4. The standard InChI is InChI=1S/C11H15ClN4/c12-10-7-8-11(16-14-10)15-13-9-5-3-1-2-4-6-9/h7-8H,1-6H2,(H,15,16). The van der Waals surface area contributed by atoms with E-state index in [2.05, 4.69) is 20.7 Å². The molecule has 1 saturated carbocycles.